The summed E-state index contributed by atoms with van der Waals surface area (Å²) in [6.07, 6.45) is 16.2. The summed E-state index contributed by atoms with van der Waals surface area (Å²) in [6.45, 7) is 2.98. The predicted octanol–water partition coefficient (Wildman–Crippen LogP) is 4.76. The van der Waals surface area contributed by atoms with Crippen molar-refractivity contribution in [3.8, 4) is 0 Å². The summed E-state index contributed by atoms with van der Waals surface area (Å²) >= 11 is 0. The first-order valence-electron chi connectivity index (χ1n) is 9.54. The van der Waals surface area contributed by atoms with Gasteiger partial charge in [0.1, 0.15) is 0 Å². The van der Waals surface area contributed by atoms with Gasteiger partial charge in [-0.05, 0) is 6.42 Å². The number of esters is 1. The van der Waals surface area contributed by atoms with Crippen LogP contribution >= 0.6 is 0 Å². The van der Waals surface area contributed by atoms with Crippen molar-refractivity contribution in [1.82, 2.24) is 5.32 Å². The molecule has 1 N–H and O–H groups in total. The highest BCUT2D eigenvalue weighted by atomic mass is 16.5. The third-order valence-corrected chi connectivity index (χ3v) is 4.14. The summed E-state index contributed by atoms with van der Waals surface area (Å²) in [5.74, 6) is -0.385. The maximum atomic E-state index is 11.4. The number of hydrogen-bond acceptors (Lipinski definition) is 3. The summed E-state index contributed by atoms with van der Waals surface area (Å²) in [5, 5.41) is 2.85. The molecule has 0 atom stereocenters. The molecule has 0 radical (unpaired) electrons. The molecular weight excluding hydrogens is 290 g/mol. The number of ether oxygens (including phenoxy) is 1. The van der Waals surface area contributed by atoms with Gasteiger partial charge in [0.05, 0.1) is 13.5 Å². The number of amides is 1. The molecule has 0 saturated carbocycles. The molecule has 0 aliphatic rings. The summed E-state index contributed by atoms with van der Waals surface area (Å²) in [7, 11) is 1.34. The van der Waals surface area contributed by atoms with Crippen LogP contribution in [0.25, 0.3) is 0 Å². The fourth-order valence-corrected chi connectivity index (χ4v) is 2.60. The molecule has 0 aromatic heterocycles. The van der Waals surface area contributed by atoms with E-state index >= 15 is 0 Å². The van der Waals surface area contributed by atoms with Crippen molar-refractivity contribution < 1.29 is 14.3 Å². The minimum Gasteiger partial charge on any atom is -0.469 e. The SMILES string of the molecule is CCCCCCCCCCCCCCNC(=O)CCC(=O)OC. The largest absolute Gasteiger partial charge is 0.469 e. The molecule has 4 nitrogen and oxygen atoms in total. The second-order valence-corrected chi connectivity index (χ2v) is 6.32. The Morgan fingerprint density at radius 1 is 0.739 bits per heavy atom. The summed E-state index contributed by atoms with van der Waals surface area (Å²) < 4.78 is 4.50. The third kappa shape index (κ3) is 17.1. The summed E-state index contributed by atoms with van der Waals surface area (Å²) in [6, 6.07) is 0. The summed E-state index contributed by atoms with van der Waals surface area (Å²) in [4.78, 5) is 22.3. The van der Waals surface area contributed by atoms with Crippen LogP contribution in [0.15, 0.2) is 0 Å². The average Bonchev–Trinajstić information content (AvgIpc) is 2.56. The molecule has 0 aromatic carbocycles. The quantitative estimate of drug-likeness (QED) is 0.328. The van der Waals surface area contributed by atoms with Crippen molar-refractivity contribution >= 4 is 11.9 Å². The van der Waals surface area contributed by atoms with E-state index in [-0.39, 0.29) is 24.7 Å². The van der Waals surface area contributed by atoms with Crippen LogP contribution in [0, 0.1) is 0 Å². The van der Waals surface area contributed by atoms with Gasteiger partial charge in [0.15, 0.2) is 0 Å². The zero-order valence-corrected chi connectivity index (χ0v) is 15.3. The molecule has 0 aromatic rings. The summed E-state index contributed by atoms with van der Waals surface area (Å²) in [5.41, 5.74) is 0. The van der Waals surface area contributed by atoms with Crippen molar-refractivity contribution in [1.29, 1.82) is 0 Å². The standard InChI is InChI=1S/C19H37NO3/c1-3-4-5-6-7-8-9-10-11-12-13-14-17-20-18(21)15-16-19(22)23-2/h3-17H2,1-2H3,(H,20,21). The van der Waals surface area contributed by atoms with E-state index in [1.165, 1.54) is 77.7 Å². The molecule has 23 heavy (non-hydrogen) atoms. The minimum absolute atomic E-state index is 0.0570. The Morgan fingerprint density at radius 3 is 1.70 bits per heavy atom. The Bertz CT molecular complexity index is 292. The number of carbonyl (C=O) groups is 2. The zero-order valence-electron chi connectivity index (χ0n) is 15.3. The number of rotatable bonds is 16. The third-order valence-electron chi connectivity index (χ3n) is 4.14. The maximum Gasteiger partial charge on any atom is 0.306 e. The Labute approximate surface area is 142 Å². The van der Waals surface area contributed by atoms with Gasteiger partial charge >= 0.3 is 5.97 Å². The molecule has 4 heteroatoms. The van der Waals surface area contributed by atoms with Crippen LogP contribution in [0.5, 0.6) is 0 Å². The predicted molar refractivity (Wildman–Crippen MR) is 95.3 cm³/mol. The second kappa shape index (κ2) is 17.3. The first-order chi connectivity index (χ1) is 11.2. The lowest BCUT2D eigenvalue weighted by Gasteiger charge is -2.05. The fourth-order valence-electron chi connectivity index (χ4n) is 2.60. The molecule has 0 aliphatic heterocycles. The molecule has 1 amide bonds. The van der Waals surface area contributed by atoms with Gasteiger partial charge in [-0.2, -0.15) is 0 Å². The van der Waals surface area contributed by atoms with Gasteiger partial charge in [-0.25, -0.2) is 0 Å². The maximum absolute atomic E-state index is 11.4. The van der Waals surface area contributed by atoms with E-state index in [1.807, 2.05) is 0 Å². The van der Waals surface area contributed by atoms with Gasteiger partial charge in [-0.3, -0.25) is 9.59 Å². The number of nitrogens with one attached hydrogen (secondary N) is 1. The molecule has 0 bridgehead atoms. The smallest absolute Gasteiger partial charge is 0.306 e. The van der Waals surface area contributed by atoms with Crippen LogP contribution in [0.4, 0.5) is 0 Å². The molecular formula is C19H37NO3. The van der Waals surface area contributed by atoms with Gasteiger partial charge in [-0.1, -0.05) is 77.6 Å². The molecule has 0 saturated heterocycles. The van der Waals surface area contributed by atoms with Crippen molar-refractivity contribution in [2.24, 2.45) is 0 Å². The molecule has 0 fully saturated rings. The first kappa shape index (κ1) is 21.9. The van der Waals surface area contributed by atoms with Gasteiger partial charge in [0.25, 0.3) is 0 Å². The van der Waals surface area contributed by atoms with Crippen molar-refractivity contribution in [2.75, 3.05) is 13.7 Å². The van der Waals surface area contributed by atoms with E-state index in [2.05, 4.69) is 17.0 Å². The zero-order chi connectivity index (χ0) is 17.2. The van der Waals surface area contributed by atoms with Crippen molar-refractivity contribution in [3.05, 3.63) is 0 Å². The van der Waals surface area contributed by atoms with E-state index in [0.717, 1.165) is 13.0 Å². The van der Waals surface area contributed by atoms with Crippen LogP contribution in [-0.2, 0) is 14.3 Å². The highest BCUT2D eigenvalue weighted by Crippen LogP contribution is 2.11. The number of carbonyl (C=O) groups excluding carboxylic acids is 2. The highest BCUT2D eigenvalue weighted by molar-refractivity contribution is 5.81. The van der Waals surface area contributed by atoms with Gasteiger partial charge < -0.3 is 10.1 Å². The lowest BCUT2D eigenvalue weighted by molar-refractivity contribution is -0.142. The van der Waals surface area contributed by atoms with E-state index in [1.54, 1.807) is 0 Å². The molecule has 136 valence electrons. The topological polar surface area (TPSA) is 55.4 Å². The molecule has 0 unspecified atom stereocenters. The Balaban J connectivity index is 3.15. The van der Waals surface area contributed by atoms with E-state index < -0.39 is 0 Å². The normalized spacial score (nSPS) is 10.5. The number of unbranched alkanes of at least 4 members (excludes halogenated alkanes) is 11. The van der Waals surface area contributed by atoms with E-state index in [9.17, 15) is 9.59 Å². The highest BCUT2D eigenvalue weighted by Gasteiger charge is 2.05. The lowest BCUT2D eigenvalue weighted by atomic mass is 10.1. The minimum atomic E-state index is -0.328. The second-order valence-electron chi connectivity index (χ2n) is 6.32. The van der Waals surface area contributed by atoms with Gasteiger partial charge in [-0.15, -0.1) is 0 Å². The van der Waals surface area contributed by atoms with Gasteiger partial charge in [0.2, 0.25) is 5.91 Å². The van der Waals surface area contributed by atoms with Crippen LogP contribution in [0.2, 0.25) is 0 Å². The van der Waals surface area contributed by atoms with E-state index in [0.29, 0.717) is 0 Å². The molecule has 0 spiro atoms. The van der Waals surface area contributed by atoms with Crippen LogP contribution in [0.3, 0.4) is 0 Å². The molecule has 0 aliphatic carbocycles. The fraction of sp³-hybridized carbons (Fsp3) is 0.895. The Kier molecular flexibility index (Phi) is 16.5. The first-order valence-corrected chi connectivity index (χ1v) is 9.54. The van der Waals surface area contributed by atoms with Crippen LogP contribution < -0.4 is 5.32 Å². The van der Waals surface area contributed by atoms with Gasteiger partial charge in [0, 0.05) is 13.0 Å². The molecule has 0 heterocycles. The average molecular weight is 328 g/mol. The number of hydrogen-bond donors (Lipinski definition) is 1. The monoisotopic (exact) mass is 327 g/mol. The van der Waals surface area contributed by atoms with Crippen molar-refractivity contribution in [3.63, 3.8) is 0 Å². The van der Waals surface area contributed by atoms with E-state index in [4.69, 9.17) is 0 Å². The van der Waals surface area contributed by atoms with Crippen molar-refractivity contribution in [2.45, 2.75) is 96.8 Å². The Hall–Kier alpha value is -1.06. The Morgan fingerprint density at radius 2 is 1.22 bits per heavy atom. The molecule has 0 rings (SSSR count). The van der Waals surface area contributed by atoms with Crippen LogP contribution in [0.1, 0.15) is 96.8 Å². The van der Waals surface area contributed by atoms with Crippen LogP contribution in [-0.4, -0.2) is 25.5 Å². The lowest BCUT2D eigenvalue weighted by Crippen LogP contribution is -2.24. The number of methoxy groups -OCH3 is 1.